The quantitative estimate of drug-likeness (QED) is 0.704. The van der Waals surface area contributed by atoms with Crippen molar-refractivity contribution in [2.24, 2.45) is 5.92 Å². The molecule has 25 heavy (non-hydrogen) atoms. The van der Waals surface area contributed by atoms with Gasteiger partial charge < -0.3 is 4.52 Å². The standard InChI is InChI=1S/C16H18F2N6O/c17-13(18)10-23-7-3-11(4-8-23)9-15-21-16(22-25-15)12-1-5-19-14-2-6-20-24(12)14/h1-2,5-6,11,13H,3-4,7-10H2. The third-order valence-corrected chi connectivity index (χ3v) is 4.55. The van der Waals surface area contributed by atoms with Gasteiger partial charge in [0.15, 0.2) is 5.65 Å². The molecule has 3 aromatic rings. The molecule has 0 amide bonds. The number of piperidine rings is 1. The van der Waals surface area contributed by atoms with E-state index in [1.165, 1.54) is 0 Å². The Hall–Kier alpha value is -2.42. The van der Waals surface area contributed by atoms with Crippen LogP contribution in [0.2, 0.25) is 0 Å². The van der Waals surface area contributed by atoms with Crippen LogP contribution in [0, 0.1) is 5.92 Å². The van der Waals surface area contributed by atoms with E-state index in [4.69, 9.17) is 4.52 Å². The first kappa shape index (κ1) is 16.1. The maximum absolute atomic E-state index is 12.4. The first-order valence-electron chi connectivity index (χ1n) is 8.31. The zero-order chi connectivity index (χ0) is 17.2. The van der Waals surface area contributed by atoms with Crippen LogP contribution >= 0.6 is 0 Å². The van der Waals surface area contributed by atoms with Gasteiger partial charge in [0.05, 0.1) is 12.7 Å². The van der Waals surface area contributed by atoms with Crippen LogP contribution in [0.5, 0.6) is 0 Å². The monoisotopic (exact) mass is 348 g/mol. The minimum atomic E-state index is -2.27. The number of nitrogens with zero attached hydrogens (tertiary/aromatic N) is 6. The maximum atomic E-state index is 12.4. The average Bonchev–Trinajstić information content (AvgIpc) is 3.25. The van der Waals surface area contributed by atoms with Crippen LogP contribution in [0.15, 0.2) is 29.0 Å². The minimum Gasteiger partial charge on any atom is -0.339 e. The molecule has 3 aromatic heterocycles. The van der Waals surface area contributed by atoms with Gasteiger partial charge in [-0.25, -0.2) is 18.3 Å². The first-order valence-corrected chi connectivity index (χ1v) is 8.31. The van der Waals surface area contributed by atoms with Crippen LogP contribution in [-0.4, -0.2) is 55.7 Å². The van der Waals surface area contributed by atoms with Crippen LogP contribution < -0.4 is 0 Å². The molecule has 1 fully saturated rings. The second-order valence-electron chi connectivity index (χ2n) is 6.28. The average molecular weight is 348 g/mol. The molecule has 4 heterocycles. The number of likely N-dealkylation sites (tertiary alicyclic amines) is 1. The van der Waals surface area contributed by atoms with Crippen molar-refractivity contribution in [1.82, 2.24) is 29.6 Å². The molecule has 7 nitrogen and oxygen atoms in total. The number of hydrogen-bond donors (Lipinski definition) is 0. The summed E-state index contributed by atoms with van der Waals surface area (Å²) >= 11 is 0. The van der Waals surface area contributed by atoms with E-state index >= 15 is 0 Å². The van der Waals surface area contributed by atoms with Crippen LogP contribution in [0.4, 0.5) is 8.78 Å². The van der Waals surface area contributed by atoms with Gasteiger partial charge in [-0.1, -0.05) is 5.16 Å². The van der Waals surface area contributed by atoms with Crippen molar-refractivity contribution in [2.45, 2.75) is 25.7 Å². The lowest BCUT2D eigenvalue weighted by Crippen LogP contribution is -2.37. The van der Waals surface area contributed by atoms with E-state index in [0.29, 0.717) is 37.1 Å². The van der Waals surface area contributed by atoms with E-state index in [0.717, 1.165) is 24.2 Å². The Morgan fingerprint density at radius 3 is 2.84 bits per heavy atom. The summed E-state index contributed by atoms with van der Waals surface area (Å²) in [4.78, 5) is 10.5. The van der Waals surface area contributed by atoms with Gasteiger partial charge in [-0.2, -0.15) is 10.1 Å². The fraction of sp³-hybridized carbons (Fsp3) is 0.500. The summed E-state index contributed by atoms with van der Waals surface area (Å²) in [7, 11) is 0. The summed E-state index contributed by atoms with van der Waals surface area (Å²) in [5, 5.41) is 8.27. The summed E-state index contributed by atoms with van der Waals surface area (Å²) in [6.45, 7) is 1.24. The summed E-state index contributed by atoms with van der Waals surface area (Å²) in [6.07, 6.45) is 3.48. The van der Waals surface area contributed by atoms with Gasteiger partial charge in [-0.05, 0) is 37.9 Å². The molecule has 0 saturated carbocycles. The molecule has 0 aromatic carbocycles. The normalized spacial score (nSPS) is 16.9. The Morgan fingerprint density at radius 2 is 2.04 bits per heavy atom. The highest BCUT2D eigenvalue weighted by molar-refractivity contribution is 5.53. The topological polar surface area (TPSA) is 72.4 Å². The Labute approximate surface area is 142 Å². The fourth-order valence-corrected chi connectivity index (χ4v) is 3.26. The molecule has 1 saturated heterocycles. The van der Waals surface area contributed by atoms with Crippen LogP contribution in [0.1, 0.15) is 18.7 Å². The van der Waals surface area contributed by atoms with Crippen molar-refractivity contribution in [1.29, 1.82) is 0 Å². The predicted molar refractivity (Wildman–Crippen MR) is 85.2 cm³/mol. The summed E-state index contributed by atoms with van der Waals surface area (Å²) in [5.74, 6) is 1.42. The summed E-state index contributed by atoms with van der Waals surface area (Å²) in [6, 6.07) is 3.59. The zero-order valence-corrected chi connectivity index (χ0v) is 13.6. The van der Waals surface area contributed by atoms with Gasteiger partial charge >= 0.3 is 0 Å². The molecular weight excluding hydrogens is 330 g/mol. The van der Waals surface area contributed by atoms with Crippen molar-refractivity contribution < 1.29 is 13.3 Å². The van der Waals surface area contributed by atoms with Crippen molar-refractivity contribution in [2.75, 3.05) is 19.6 Å². The van der Waals surface area contributed by atoms with Crippen LogP contribution in [0.3, 0.4) is 0 Å². The molecule has 132 valence electrons. The number of hydrogen-bond acceptors (Lipinski definition) is 6. The van der Waals surface area contributed by atoms with Gasteiger partial charge in [0, 0.05) is 18.7 Å². The molecule has 0 unspecified atom stereocenters. The molecular formula is C16H18F2N6O. The summed E-state index contributed by atoms with van der Waals surface area (Å²) < 4.78 is 31.9. The summed E-state index contributed by atoms with van der Waals surface area (Å²) in [5.41, 5.74) is 1.44. The lowest BCUT2D eigenvalue weighted by molar-refractivity contribution is 0.0681. The smallest absolute Gasteiger partial charge is 0.251 e. The molecule has 4 rings (SSSR count). The minimum absolute atomic E-state index is 0.140. The van der Waals surface area contributed by atoms with E-state index in [1.54, 1.807) is 29.0 Å². The molecule has 9 heteroatoms. The van der Waals surface area contributed by atoms with Crippen molar-refractivity contribution >= 4 is 5.65 Å². The maximum Gasteiger partial charge on any atom is 0.251 e. The molecule has 1 aliphatic heterocycles. The van der Waals surface area contributed by atoms with Gasteiger partial charge in [0.2, 0.25) is 11.7 Å². The van der Waals surface area contributed by atoms with Crippen molar-refractivity contribution in [3.8, 4) is 11.5 Å². The van der Waals surface area contributed by atoms with Gasteiger partial charge in [0.1, 0.15) is 5.69 Å². The van der Waals surface area contributed by atoms with E-state index < -0.39 is 6.43 Å². The highest BCUT2D eigenvalue weighted by Crippen LogP contribution is 2.23. The second kappa shape index (κ2) is 6.83. The Balaban J connectivity index is 1.42. The molecule has 1 aliphatic rings. The van der Waals surface area contributed by atoms with E-state index in [1.807, 2.05) is 4.90 Å². The second-order valence-corrected chi connectivity index (χ2v) is 6.28. The molecule has 0 N–H and O–H groups in total. The third-order valence-electron chi connectivity index (χ3n) is 4.55. The van der Waals surface area contributed by atoms with E-state index in [9.17, 15) is 8.78 Å². The van der Waals surface area contributed by atoms with E-state index in [2.05, 4.69) is 20.2 Å². The Bertz CT molecular complexity index is 840. The lowest BCUT2D eigenvalue weighted by Gasteiger charge is -2.30. The number of alkyl halides is 2. The number of aromatic nitrogens is 5. The lowest BCUT2D eigenvalue weighted by atomic mass is 9.93. The van der Waals surface area contributed by atoms with Gasteiger partial charge in [-0.15, -0.1) is 0 Å². The molecule has 0 radical (unpaired) electrons. The van der Waals surface area contributed by atoms with Crippen LogP contribution in [0.25, 0.3) is 17.2 Å². The molecule has 0 aliphatic carbocycles. The first-order chi connectivity index (χ1) is 12.2. The molecule has 0 atom stereocenters. The molecule has 0 bridgehead atoms. The van der Waals surface area contributed by atoms with Gasteiger partial charge in [-0.3, -0.25) is 4.90 Å². The highest BCUT2D eigenvalue weighted by Gasteiger charge is 2.23. The number of rotatable bonds is 5. The van der Waals surface area contributed by atoms with E-state index in [-0.39, 0.29) is 6.54 Å². The van der Waals surface area contributed by atoms with Crippen molar-refractivity contribution in [3.63, 3.8) is 0 Å². The van der Waals surface area contributed by atoms with Crippen molar-refractivity contribution in [3.05, 3.63) is 30.4 Å². The highest BCUT2D eigenvalue weighted by atomic mass is 19.3. The zero-order valence-electron chi connectivity index (χ0n) is 13.6. The number of fused-ring (bicyclic) bond motifs is 1. The largest absolute Gasteiger partial charge is 0.339 e. The Morgan fingerprint density at radius 1 is 1.20 bits per heavy atom. The van der Waals surface area contributed by atoms with Gasteiger partial charge in [0.25, 0.3) is 6.43 Å². The Kier molecular flexibility index (Phi) is 4.39. The SMILES string of the molecule is FC(F)CN1CCC(Cc2nc(-c3ccnc4ccnn34)no2)CC1. The fourth-order valence-electron chi connectivity index (χ4n) is 3.26. The third kappa shape index (κ3) is 3.51. The predicted octanol–water partition coefficient (Wildman–Crippen LogP) is 2.30. The van der Waals surface area contributed by atoms with Crippen LogP contribution in [-0.2, 0) is 6.42 Å². The molecule has 0 spiro atoms. The number of halogens is 2.